The number of hydrogen-bond acceptors (Lipinski definition) is 1. The first kappa shape index (κ1) is 22.3. The summed E-state index contributed by atoms with van der Waals surface area (Å²) in [6, 6.07) is 7.62. The number of halogens is 1. The number of quaternary nitrogens is 1. The van der Waals surface area contributed by atoms with E-state index in [9.17, 15) is 0 Å². The fraction of sp³-hybridized carbons (Fsp3) is 0.727. The molecule has 0 saturated heterocycles. The minimum absolute atomic E-state index is 0.754. The predicted octanol–water partition coefficient (Wildman–Crippen LogP) is 6.72. The SMILES string of the molecule is CCCCCCCCCCCC[N+](C)(C)CCOc1ccc(Cl)cc1. The zero-order chi connectivity index (χ0) is 18.4. The van der Waals surface area contributed by atoms with E-state index in [0.29, 0.717) is 0 Å². The molecule has 25 heavy (non-hydrogen) atoms. The van der Waals surface area contributed by atoms with Crippen molar-refractivity contribution in [2.24, 2.45) is 0 Å². The summed E-state index contributed by atoms with van der Waals surface area (Å²) in [7, 11) is 4.61. The zero-order valence-corrected chi connectivity index (χ0v) is 17.5. The van der Waals surface area contributed by atoms with E-state index in [0.717, 1.165) is 28.4 Å². The van der Waals surface area contributed by atoms with Gasteiger partial charge in [-0.15, -0.1) is 0 Å². The van der Waals surface area contributed by atoms with Crippen molar-refractivity contribution in [1.29, 1.82) is 0 Å². The summed E-state index contributed by atoms with van der Waals surface area (Å²) >= 11 is 5.89. The quantitative estimate of drug-likeness (QED) is 0.246. The second-order valence-electron chi connectivity index (χ2n) is 7.87. The third kappa shape index (κ3) is 12.3. The van der Waals surface area contributed by atoms with Gasteiger partial charge in [0.2, 0.25) is 0 Å². The average Bonchev–Trinajstić information content (AvgIpc) is 2.58. The second-order valence-corrected chi connectivity index (χ2v) is 8.30. The van der Waals surface area contributed by atoms with Crippen LogP contribution in [0, 0.1) is 0 Å². The van der Waals surface area contributed by atoms with Crippen molar-refractivity contribution in [3.63, 3.8) is 0 Å². The summed E-state index contributed by atoms with van der Waals surface area (Å²) in [5.74, 6) is 0.906. The monoisotopic (exact) mass is 368 g/mol. The highest BCUT2D eigenvalue weighted by Crippen LogP contribution is 2.16. The van der Waals surface area contributed by atoms with Crippen LogP contribution in [0.1, 0.15) is 71.1 Å². The summed E-state index contributed by atoms with van der Waals surface area (Å²) in [6.45, 7) is 5.32. The van der Waals surface area contributed by atoms with Gasteiger partial charge in [-0.25, -0.2) is 0 Å². The minimum Gasteiger partial charge on any atom is -0.488 e. The van der Waals surface area contributed by atoms with Crippen LogP contribution in [0.25, 0.3) is 0 Å². The fourth-order valence-electron chi connectivity index (χ4n) is 3.08. The maximum Gasteiger partial charge on any atom is 0.137 e. The van der Waals surface area contributed by atoms with Gasteiger partial charge in [0.1, 0.15) is 18.9 Å². The Balaban J connectivity index is 1.98. The van der Waals surface area contributed by atoms with Crippen LogP contribution < -0.4 is 4.74 Å². The largest absolute Gasteiger partial charge is 0.488 e. The summed E-state index contributed by atoms with van der Waals surface area (Å²) in [4.78, 5) is 0. The standard InChI is InChI=1S/C22H39ClNO/c1-4-5-6-7-8-9-10-11-12-13-18-24(2,3)19-20-25-22-16-14-21(23)15-17-22/h14-17H,4-13,18-20H2,1-3H3/q+1. The zero-order valence-electron chi connectivity index (χ0n) is 16.7. The number of unbranched alkanes of at least 4 members (excludes halogenated alkanes) is 9. The molecule has 0 spiro atoms. The number of benzene rings is 1. The number of rotatable bonds is 15. The highest BCUT2D eigenvalue weighted by atomic mass is 35.5. The van der Waals surface area contributed by atoms with Gasteiger partial charge in [-0.2, -0.15) is 0 Å². The molecule has 0 aromatic heterocycles. The summed E-state index contributed by atoms with van der Waals surface area (Å²) in [5.41, 5.74) is 0. The molecule has 144 valence electrons. The number of ether oxygens (including phenoxy) is 1. The predicted molar refractivity (Wildman–Crippen MR) is 111 cm³/mol. The van der Waals surface area contributed by atoms with Gasteiger partial charge >= 0.3 is 0 Å². The van der Waals surface area contributed by atoms with E-state index in [-0.39, 0.29) is 0 Å². The van der Waals surface area contributed by atoms with Gasteiger partial charge < -0.3 is 9.22 Å². The molecule has 1 aromatic rings. The Morgan fingerprint density at radius 2 is 1.28 bits per heavy atom. The Bertz CT molecular complexity index is 430. The summed E-state index contributed by atoms with van der Waals surface area (Å²) < 4.78 is 6.85. The lowest BCUT2D eigenvalue weighted by Crippen LogP contribution is -2.43. The Morgan fingerprint density at radius 3 is 1.84 bits per heavy atom. The Hall–Kier alpha value is -0.730. The van der Waals surface area contributed by atoms with Crippen LogP contribution in [-0.4, -0.2) is 38.3 Å². The van der Waals surface area contributed by atoms with Crippen LogP contribution in [-0.2, 0) is 0 Å². The molecule has 1 rings (SSSR count). The van der Waals surface area contributed by atoms with E-state index in [2.05, 4.69) is 21.0 Å². The Labute approximate surface area is 161 Å². The third-order valence-electron chi connectivity index (χ3n) is 4.90. The van der Waals surface area contributed by atoms with Crippen LogP contribution in [0.4, 0.5) is 0 Å². The van der Waals surface area contributed by atoms with E-state index in [1.54, 1.807) is 0 Å². The van der Waals surface area contributed by atoms with Gasteiger partial charge in [0.15, 0.2) is 0 Å². The van der Waals surface area contributed by atoms with Gasteiger partial charge in [0, 0.05) is 5.02 Å². The maximum atomic E-state index is 5.89. The van der Waals surface area contributed by atoms with Crippen LogP contribution >= 0.6 is 11.6 Å². The molecule has 0 N–H and O–H groups in total. The first-order valence-electron chi connectivity index (χ1n) is 10.2. The number of nitrogens with zero attached hydrogens (tertiary/aromatic N) is 1. The highest BCUT2D eigenvalue weighted by molar-refractivity contribution is 6.30. The highest BCUT2D eigenvalue weighted by Gasteiger charge is 2.14. The normalized spacial score (nSPS) is 11.7. The van der Waals surface area contributed by atoms with Crippen LogP contribution in [0.5, 0.6) is 5.75 Å². The number of hydrogen-bond donors (Lipinski definition) is 0. The smallest absolute Gasteiger partial charge is 0.137 e. The number of likely N-dealkylation sites (N-methyl/N-ethyl adjacent to an activating group) is 1. The van der Waals surface area contributed by atoms with Gasteiger partial charge in [0.05, 0.1) is 20.6 Å². The molecule has 0 heterocycles. The van der Waals surface area contributed by atoms with E-state index >= 15 is 0 Å². The van der Waals surface area contributed by atoms with Gasteiger partial charge in [-0.05, 0) is 37.1 Å². The van der Waals surface area contributed by atoms with Crippen LogP contribution in [0.3, 0.4) is 0 Å². The molecule has 0 aliphatic rings. The molecular formula is C22H39ClNO+. The first-order chi connectivity index (χ1) is 12.0. The molecule has 3 heteroatoms. The third-order valence-corrected chi connectivity index (χ3v) is 5.15. The van der Waals surface area contributed by atoms with E-state index in [1.807, 2.05) is 24.3 Å². The molecule has 0 saturated carbocycles. The topological polar surface area (TPSA) is 9.23 Å². The van der Waals surface area contributed by atoms with E-state index < -0.39 is 0 Å². The van der Waals surface area contributed by atoms with Crippen molar-refractivity contribution in [3.05, 3.63) is 29.3 Å². The first-order valence-corrected chi connectivity index (χ1v) is 10.6. The van der Waals surface area contributed by atoms with Crippen molar-refractivity contribution in [3.8, 4) is 5.75 Å². The molecule has 1 aromatic carbocycles. The van der Waals surface area contributed by atoms with Gasteiger partial charge in [-0.1, -0.05) is 69.9 Å². The molecule has 0 bridgehead atoms. The van der Waals surface area contributed by atoms with E-state index in [1.165, 1.54) is 70.8 Å². The Morgan fingerprint density at radius 1 is 0.760 bits per heavy atom. The molecule has 0 aliphatic heterocycles. The molecule has 2 nitrogen and oxygen atoms in total. The van der Waals surface area contributed by atoms with Crippen LogP contribution in [0.2, 0.25) is 5.02 Å². The lowest BCUT2D eigenvalue weighted by Gasteiger charge is -2.29. The van der Waals surface area contributed by atoms with Gasteiger partial charge in [0.25, 0.3) is 0 Å². The summed E-state index contributed by atoms with van der Waals surface area (Å²) in [6.07, 6.45) is 14.0. The molecule has 0 amide bonds. The fourth-order valence-corrected chi connectivity index (χ4v) is 3.21. The molecule has 0 aliphatic carbocycles. The second kappa shape index (κ2) is 13.5. The van der Waals surface area contributed by atoms with Crippen molar-refractivity contribution in [2.45, 2.75) is 71.1 Å². The molecule has 0 unspecified atom stereocenters. The van der Waals surface area contributed by atoms with Crippen molar-refractivity contribution in [2.75, 3.05) is 33.8 Å². The van der Waals surface area contributed by atoms with Gasteiger partial charge in [-0.3, -0.25) is 0 Å². The average molecular weight is 369 g/mol. The van der Waals surface area contributed by atoms with Crippen LogP contribution in [0.15, 0.2) is 24.3 Å². The lowest BCUT2D eigenvalue weighted by molar-refractivity contribution is -0.890. The Kier molecular flexibility index (Phi) is 12.0. The van der Waals surface area contributed by atoms with Crippen molar-refractivity contribution >= 4 is 11.6 Å². The van der Waals surface area contributed by atoms with E-state index in [4.69, 9.17) is 16.3 Å². The van der Waals surface area contributed by atoms with Crippen molar-refractivity contribution in [1.82, 2.24) is 0 Å². The maximum absolute atomic E-state index is 5.89. The molecular weight excluding hydrogens is 330 g/mol. The lowest BCUT2D eigenvalue weighted by atomic mass is 10.1. The summed E-state index contributed by atoms with van der Waals surface area (Å²) in [5, 5.41) is 0.754. The minimum atomic E-state index is 0.754. The molecule has 0 fully saturated rings. The molecule has 0 radical (unpaired) electrons. The van der Waals surface area contributed by atoms with Crippen molar-refractivity contribution < 1.29 is 9.22 Å². The molecule has 0 atom stereocenters.